The van der Waals surface area contributed by atoms with Gasteiger partial charge in [0.25, 0.3) is 0 Å². The van der Waals surface area contributed by atoms with Gasteiger partial charge in [-0.05, 0) is 12.8 Å². The number of hydrogen-bond donors (Lipinski definition) is 1. The fourth-order valence-corrected chi connectivity index (χ4v) is 1.96. The number of carboxylic acid groups (broad SMARTS) is 1. The normalized spacial score (nSPS) is 27.4. The third kappa shape index (κ3) is 4.38. The standard InChI is InChI=1S/C10H15F3O3/c11-10(12,13)6-16-8-5-3-1-2-4-7(8)9(14)15/h7-8H,1-6H2,(H,14,15). The van der Waals surface area contributed by atoms with Crippen molar-refractivity contribution in [1.29, 1.82) is 0 Å². The Bertz CT molecular complexity index is 240. The molecule has 1 N–H and O–H groups in total. The van der Waals surface area contributed by atoms with Crippen LogP contribution in [0.4, 0.5) is 13.2 Å². The first-order valence-electron chi connectivity index (χ1n) is 5.31. The molecule has 2 atom stereocenters. The van der Waals surface area contributed by atoms with Gasteiger partial charge in [0, 0.05) is 0 Å². The smallest absolute Gasteiger partial charge is 0.411 e. The largest absolute Gasteiger partial charge is 0.481 e. The molecular weight excluding hydrogens is 225 g/mol. The maximum absolute atomic E-state index is 12.0. The van der Waals surface area contributed by atoms with E-state index in [4.69, 9.17) is 9.84 Å². The minimum atomic E-state index is -4.39. The van der Waals surface area contributed by atoms with E-state index < -0.39 is 30.8 Å². The van der Waals surface area contributed by atoms with Crippen molar-refractivity contribution in [3.05, 3.63) is 0 Å². The Balaban J connectivity index is 2.54. The summed E-state index contributed by atoms with van der Waals surface area (Å²) in [6.45, 7) is -1.36. The molecule has 0 spiro atoms. The summed E-state index contributed by atoms with van der Waals surface area (Å²) in [5.41, 5.74) is 0. The van der Waals surface area contributed by atoms with Gasteiger partial charge in [0.15, 0.2) is 0 Å². The molecule has 1 saturated carbocycles. The topological polar surface area (TPSA) is 46.5 Å². The zero-order chi connectivity index (χ0) is 12.2. The third-order valence-electron chi connectivity index (χ3n) is 2.73. The van der Waals surface area contributed by atoms with Gasteiger partial charge in [-0.15, -0.1) is 0 Å². The highest BCUT2D eigenvalue weighted by Gasteiger charge is 2.35. The molecule has 16 heavy (non-hydrogen) atoms. The maximum Gasteiger partial charge on any atom is 0.411 e. The fourth-order valence-electron chi connectivity index (χ4n) is 1.96. The third-order valence-corrected chi connectivity index (χ3v) is 2.73. The second kappa shape index (κ2) is 5.52. The molecule has 0 aromatic rings. The monoisotopic (exact) mass is 240 g/mol. The van der Waals surface area contributed by atoms with E-state index in [0.29, 0.717) is 12.8 Å². The molecule has 0 saturated heterocycles. The molecule has 0 aromatic heterocycles. The Labute approximate surface area is 91.6 Å². The quantitative estimate of drug-likeness (QED) is 0.771. The number of alkyl halides is 3. The highest BCUT2D eigenvalue weighted by atomic mass is 19.4. The molecule has 6 heteroatoms. The highest BCUT2D eigenvalue weighted by Crippen LogP contribution is 2.27. The SMILES string of the molecule is O=C(O)C1CCCCCC1OCC(F)(F)F. The van der Waals surface area contributed by atoms with Gasteiger partial charge in [0.1, 0.15) is 6.61 Å². The van der Waals surface area contributed by atoms with E-state index in [-0.39, 0.29) is 0 Å². The highest BCUT2D eigenvalue weighted by molar-refractivity contribution is 5.70. The van der Waals surface area contributed by atoms with Crippen LogP contribution in [0.15, 0.2) is 0 Å². The van der Waals surface area contributed by atoms with Gasteiger partial charge in [-0.3, -0.25) is 4.79 Å². The number of carboxylic acids is 1. The van der Waals surface area contributed by atoms with Crippen LogP contribution in [0.25, 0.3) is 0 Å². The zero-order valence-corrected chi connectivity index (χ0v) is 8.79. The number of ether oxygens (including phenoxy) is 1. The Kier molecular flexibility index (Phi) is 4.58. The van der Waals surface area contributed by atoms with Gasteiger partial charge < -0.3 is 9.84 Å². The summed E-state index contributed by atoms with van der Waals surface area (Å²) in [7, 11) is 0. The first-order chi connectivity index (χ1) is 7.40. The second-order valence-electron chi connectivity index (χ2n) is 4.05. The summed E-state index contributed by atoms with van der Waals surface area (Å²) in [6, 6.07) is 0. The Morgan fingerprint density at radius 2 is 1.88 bits per heavy atom. The molecule has 0 heterocycles. The minimum absolute atomic E-state index is 0.396. The van der Waals surface area contributed by atoms with Gasteiger partial charge in [0.2, 0.25) is 0 Å². The van der Waals surface area contributed by atoms with Crippen molar-refractivity contribution < 1.29 is 27.8 Å². The van der Waals surface area contributed by atoms with Crippen LogP contribution in [0.3, 0.4) is 0 Å². The number of hydrogen-bond acceptors (Lipinski definition) is 2. The van der Waals surface area contributed by atoms with Gasteiger partial charge in [0.05, 0.1) is 12.0 Å². The lowest BCUT2D eigenvalue weighted by Gasteiger charge is -2.22. The summed E-state index contributed by atoms with van der Waals surface area (Å²) >= 11 is 0. The van der Waals surface area contributed by atoms with E-state index in [1.54, 1.807) is 0 Å². The predicted molar refractivity (Wildman–Crippen MR) is 50.0 cm³/mol. The lowest BCUT2D eigenvalue weighted by molar-refractivity contribution is -0.194. The van der Waals surface area contributed by atoms with Gasteiger partial charge >= 0.3 is 12.1 Å². The molecule has 0 aromatic carbocycles. The summed E-state index contributed by atoms with van der Waals surface area (Å²) in [5, 5.41) is 8.90. The Morgan fingerprint density at radius 3 is 2.44 bits per heavy atom. The van der Waals surface area contributed by atoms with Crippen LogP contribution in [0.2, 0.25) is 0 Å². The molecule has 1 aliphatic rings. The molecule has 0 amide bonds. The van der Waals surface area contributed by atoms with Crippen molar-refractivity contribution in [3.8, 4) is 0 Å². The number of halogens is 3. The molecule has 1 fully saturated rings. The summed E-state index contributed by atoms with van der Waals surface area (Å²) < 4.78 is 40.6. The van der Waals surface area contributed by atoms with Crippen molar-refractivity contribution in [2.24, 2.45) is 5.92 Å². The van der Waals surface area contributed by atoms with Gasteiger partial charge in [-0.1, -0.05) is 19.3 Å². The summed E-state index contributed by atoms with van der Waals surface area (Å²) in [4.78, 5) is 10.9. The van der Waals surface area contributed by atoms with Crippen LogP contribution in [-0.4, -0.2) is 30.0 Å². The molecule has 1 rings (SSSR count). The van der Waals surface area contributed by atoms with E-state index in [9.17, 15) is 18.0 Å². The molecule has 94 valence electrons. The molecule has 1 aliphatic carbocycles. The average molecular weight is 240 g/mol. The second-order valence-corrected chi connectivity index (χ2v) is 4.05. The summed E-state index contributed by atoms with van der Waals surface area (Å²) in [5.74, 6) is -1.86. The minimum Gasteiger partial charge on any atom is -0.481 e. The summed E-state index contributed by atoms with van der Waals surface area (Å²) in [6.07, 6.45) is -2.08. The van der Waals surface area contributed by atoms with Crippen LogP contribution >= 0.6 is 0 Å². The van der Waals surface area contributed by atoms with Crippen LogP contribution in [0, 0.1) is 5.92 Å². The molecule has 0 aliphatic heterocycles. The molecule has 0 radical (unpaired) electrons. The van der Waals surface area contributed by atoms with Crippen LogP contribution in [-0.2, 0) is 9.53 Å². The maximum atomic E-state index is 12.0. The van der Waals surface area contributed by atoms with Crippen molar-refractivity contribution in [2.45, 2.75) is 44.4 Å². The van der Waals surface area contributed by atoms with Gasteiger partial charge in [-0.25, -0.2) is 0 Å². The van der Waals surface area contributed by atoms with Crippen LogP contribution in [0.5, 0.6) is 0 Å². The predicted octanol–water partition coefficient (Wildman–Crippen LogP) is 2.60. The van der Waals surface area contributed by atoms with Crippen LogP contribution in [0.1, 0.15) is 32.1 Å². The fraction of sp³-hybridized carbons (Fsp3) is 0.900. The lowest BCUT2D eigenvalue weighted by atomic mass is 9.97. The molecule has 3 nitrogen and oxygen atoms in total. The molecule has 0 bridgehead atoms. The Hall–Kier alpha value is -0.780. The van der Waals surface area contributed by atoms with E-state index in [2.05, 4.69) is 0 Å². The van der Waals surface area contributed by atoms with Crippen molar-refractivity contribution in [2.75, 3.05) is 6.61 Å². The van der Waals surface area contributed by atoms with Crippen molar-refractivity contribution in [3.63, 3.8) is 0 Å². The van der Waals surface area contributed by atoms with Gasteiger partial charge in [-0.2, -0.15) is 13.2 Å². The molecule has 2 unspecified atom stereocenters. The van der Waals surface area contributed by atoms with E-state index in [0.717, 1.165) is 19.3 Å². The zero-order valence-electron chi connectivity index (χ0n) is 8.79. The molecular formula is C10H15F3O3. The van der Waals surface area contributed by atoms with Crippen molar-refractivity contribution >= 4 is 5.97 Å². The number of rotatable bonds is 3. The Morgan fingerprint density at radius 1 is 1.25 bits per heavy atom. The van der Waals surface area contributed by atoms with Crippen LogP contribution < -0.4 is 0 Å². The number of carbonyl (C=O) groups is 1. The lowest BCUT2D eigenvalue weighted by Crippen LogP contribution is -2.33. The first kappa shape index (κ1) is 13.3. The van der Waals surface area contributed by atoms with E-state index in [1.807, 2.05) is 0 Å². The van der Waals surface area contributed by atoms with Crippen molar-refractivity contribution in [1.82, 2.24) is 0 Å². The average Bonchev–Trinajstić information content (AvgIpc) is 2.38. The van der Waals surface area contributed by atoms with E-state index >= 15 is 0 Å². The number of aliphatic carboxylic acids is 1. The van der Waals surface area contributed by atoms with E-state index in [1.165, 1.54) is 0 Å². The first-order valence-corrected chi connectivity index (χ1v) is 5.31.